The fourth-order valence-corrected chi connectivity index (χ4v) is 7.08. The summed E-state index contributed by atoms with van der Waals surface area (Å²) >= 11 is 3.48. The number of carbonyl (C=O) groups excluding carboxylic acids is 2. The highest BCUT2D eigenvalue weighted by molar-refractivity contribution is 9.10. The molecule has 1 aliphatic rings. The fraction of sp³-hybridized carbons (Fsp3) is 0.257. The average Bonchev–Trinajstić information content (AvgIpc) is 3.08. The highest BCUT2D eigenvalue weighted by Gasteiger charge is 2.35. The van der Waals surface area contributed by atoms with Crippen LogP contribution in [0.15, 0.2) is 106 Å². The molecular formula is C35H35BrFN3O6S. The van der Waals surface area contributed by atoms with E-state index in [0.29, 0.717) is 25.3 Å². The normalized spacial score (nSPS) is 13.0. The highest BCUT2D eigenvalue weighted by atomic mass is 79.9. The van der Waals surface area contributed by atoms with E-state index in [0.717, 1.165) is 32.0 Å². The molecular weight excluding hydrogens is 689 g/mol. The zero-order valence-corrected chi connectivity index (χ0v) is 28.2. The van der Waals surface area contributed by atoms with Crippen molar-refractivity contribution in [1.82, 2.24) is 10.2 Å². The molecule has 5 rings (SSSR count). The van der Waals surface area contributed by atoms with E-state index in [1.54, 1.807) is 0 Å². The molecule has 0 fully saturated rings. The van der Waals surface area contributed by atoms with Gasteiger partial charge in [0.25, 0.3) is 10.0 Å². The number of hydrogen-bond acceptors (Lipinski definition) is 6. The Morgan fingerprint density at radius 2 is 1.60 bits per heavy atom. The largest absolute Gasteiger partial charge is 0.486 e. The fourth-order valence-electron chi connectivity index (χ4n) is 5.20. The third kappa shape index (κ3) is 8.49. The molecule has 0 spiro atoms. The van der Waals surface area contributed by atoms with Gasteiger partial charge in [0.1, 0.15) is 31.6 Å². The van der Waals surface area contributed by atoms with E-state index in [9.17, 15) is 22.4 Å². The van der Waals surface area contributed by atoms with Gasteiger partial charge in [-0.3, -0.25) is 13.9 Å². The number of nitrogens with one attached hydrogen (secondary N) is 1. The van der Waals surface area contributed by atoms with Crippen LogP contribution in [0, 0.1) is 5.82 Å². The van der Waals surface area contributed by atoms with E-state index in [4.69, 9.17) is 9.47 Å². The number of nitrogens with zero attached hydrogens (tertiary/aromatic N) is 2. The SMILES string of the molecule is CCCNC(=O)C(Cc1ccccc1)N(Cc1cccc(Br)c1)C(=O)CN(c1ccc(F)cc1)S(=O)(=O)c1ccc2c(c1)OCCO2. The van der Waals surface area contributed by atoms with Gasteiger partial charge in [-0.05, 0) is 66.1 Å². The Morgan fingerprint density at radius 1 is 0.894 bits per heavy atom. The van der Waals surface area contributed by atoms with Crippen LogP contribution in [0.3, 0.4) is 0 Å². The van der Waals surface area contributed by atoms with Gasteiger partial charge in [0.05, 0.1) is 10.6 Å². The first-order valence-corrected chi connectivity index (χ1v) is 17.4. The molecule has 1 atom stereocenters. The number of amides is 2. The summed E-state index contributed by atoms with van der Waals surface area (Å²) in [5.74, 6) is -0.884. The Hall–Kier alpha value is -4.42. The molecule has 1 unspecified atom stereocenters. The Bertz CT molecular complexity index is 1810. The summed E-state index contributed by atoms with van der Waals surface area (Å²) < 4.78 is 55.5. The lowest BCUT2D eigenvalue weighted by Gasteiger charge is -2.34. The molecule has 0 aliphatic carbocycles. The van der Waals surface area contributed by atoms with Crippen molar-refractivity contribution in [2.45, 2.75) is 37.2 Å². The first-order chi connectivity index (χ1) is 22.7. The van der Waals surface area contributed by atoms with Crippen LogP contribution < -0.4 is 19.1 Å². The smallest absolute Gasteiger partial charge is 0.264 e. The Morgan fingerprint density at radius 3 is 2.30 bits per heavy atom. The molecule has 0 bridgehead atoms. The monoisotopic (exact) mass is 723 g/mol. The Balaban J connectivity index is 1.57. The first-order valence-electron chi connectivity index (χ1n) is 15.2. The molecule has 9 nitrogen and oxygen atoms in total. The van der Waals surface area contributed by atoms with Crippen molar-refractivity contribution >= 4 is 43.5 Å². The predicted molar refractivity (Wildman–Crippen MR) is 180 cm³/mol. The molecule has 0 saturated heterocycles. The topological polar surface area (TPSA) is 105 Å². The number of anilines is 1. The Labute approximate surface area is 282 Å². The second-order valence-electron chi connectivity index (χ2n) is 10.9. The van der Waals surface area contributed by atoms with Crippen LogP contribution in [-0.2, 0) is 32.6 Å². The zero-order chi connectivity index (χ0) is 33.4. The van der Waals surface area contributed by atoms with Crippen LogP contribution in [0.4, 0.5) is 10.1 Å². The predicted octanol–water partition coefficient (Wildman–Crippen LogP) is 5.72. The van der Waals surface area contributed by atoms with E-state index < -0.39 is 34.3 Å². The number of sulfonamides is 1. The summed E-state index contributed by atoms with van der Waals surface area (Å²) in [6, 6.07) is 24.8. The third-order valence-electron chi connectivity index (χ3n) is 7.56. The Kier molecular flexibility index (Phi) is 11.2. The quantitative estimate of drug-likeness (QED) is 0.189. The number of hydrogen-bond donors (Lipinski definition) is 1. The van der Waals surface area contributed by atoms with Crippen LogP contribution in [0.1, 0.15) is 24.5 Å². The van der Waals surface area contributed by atoms with E-state index >= 15 is 0 Å². The first kappa shape index (κ1) is 33.9. The summed E-state index contributed by atoms with van der Waals surface area (Å²) in [7, 11) is -4.41. The van der Waals surface area contributed by atoms with Crippen LogP contribution in [0.5, 0.6) is 11.5 Å². The molecule has 1 heterocycles. The van der Waals surface area contributed by atoms with Gasteiger partial charge in [-0.2, -0.15) is 0 Å². The molecule has 0 radical (unpaired) electrons. The standard InChI is InChI=1S/C35H35BrFN3O6S/c1-2-17-38-35(42)31(21-25-7-4-3-5-8-25)39(23-26-9-6-10-27(36)20-26)34(41)24-40(29-13-11-28(37)12-14-29)47(43,44)30-15-16-32-33(22-30)46-19-18-45-32/h3-16,20,22,31H,2,17-19,21,23-24H2,1H3,(H,38,42). The summed E-state index contributed by atoms with van der Waals surface area (Å²) in [5, 5.41) is 2.92. The molecule has 0 saturated carbocycles. The van der Waals surface area contributed by atoms with E-state index in [2.05, 4.69) is 21.2 Å². The molecule has 2 amide bonds. The molecule has 12 heteroatoms. The lowest BCUT2D eigenvalue weighted by atomic mass is 10.0. The number of benzene rings is 4. The van der Waals surface area contributed by atoms with Gasteiger partial charge < -0.3 is 19.7 Å². The second-order valence-corrected chi connectivity index (χ2v) is 13.7. The van der Waals surface area contributed by atoms with E-state index in [-0.39, 0.29) is 41.8 Å². The van der Waals surface area contributed by atoms with Crippen molar-refractivity contribution in [3.63, 3.8) is 0 Å². The highest BCUT2D eigenvalue weighted by Crippen LogP contribution is 2.34. The van der Waals surface area contributed by atoms with Crippen molar-refractivity contribution in [3.8, 4) is 11.5 Å². The van der Waals surface area contributed by atoms with Gasteiger partial charge in [-0.15, -0.1) is 0 Å². The van der Waals surface area contributed by atoms with Crippen LogP contribution in [0.25, 0.3) is 0 Å². The maximum absolute atomic E-state index is 14.5. The minimum atomic E-state index is -4.41. The van der Waals surface area contributed by atoms with Gasteiger partial charge in [0.2, 0.25) is 11.8 Å². The van der Waals surface area contributed by atoms with E-state index in [1.165, 1.54) is 35.2 Å². The van der Waals surface area contributed by atoms with Gasteiger partial charge in [0, 0.05) is 30.0 Å². The van der Waals surface area contributed by atoms with Gasteiger partial charge >= 0.3 is 0 Å². The lowest BCUT2D eigenvalue weighted by molar-refractivity contribution is -0.140. The maximum Gasteiger partial charge on any atom is 0.264 e. The molecule has 4 aromatic rings. The number of carbonyl (C=O) groups is 2. The molecule has 246 valence electrons. The number of ether oxygens (including phenoxy) is 2. The summed E-state index contributed by atoms with van der Waals surface area (Å²) in [6.45, 7) is 2.28. The number of fused-ring (bicyclic) bond motifs is 1. The van der Waals surface area contributed by atoms with Crippen molar-refractivity contribution < 1.29 is 31.9 Å². The van der Waals surface area contributed by atoms with E-state index in [1.807, 2.05) is 61.5 Å². The third-order valence-corrected chi connectivity index (χ3v) is 9.82. The molecule has 4 aromatic carbocycles. The minimum Gasteiger partial charge on any atom is -0.486 e. The molecule has 1 aliphatic heterocycles. The van der Waals surface area contributed by atoms with Crippen LogP contribution >= 0.6 is 15.9 Å². The maximum atomic E-state index is 14.5. The molecule has 0 aromatic heterocycles. The van der Waals surface area contributed by atoms with Gasteiger partial charge in [-0.1, -0.05) is 65.3 Å². The van der Waals surface area contributed by atoms with Gasteiger partial charge in [0.15, 0.2) is 11.5 Å². The minimum absolute atomic E-state index is 0.0245. The van der Waals surface area contributed by atoms with Crippen LogP contribution in [0.2, 0.25) is 0 Å². The van der Waals surface area contributed by atoms with Crippen molar-refractivity contribution in [3.05, 3.63) is 118 Å². The summed E-state index contributed by atoms with van der Waals surface area (Å²) in [5.41, 5.74) is 1.64. The summed E-state index contributed by atoms with van der Waals surface area (Å²) in [4.78, 5) is 29.5. The second kappa shape index (κ2) is 15.4. The van der Waals surface area contributed by atoms with Crippen LogP contribution in [-0.4, -0.2) is 57.5 Å². The average molecular weight is 725 g/mol. The van der Waals surface area contributed by atoms with Crippen molar-refractivity contribution in [2.24, 2.45) is 0 Å². The lowest BCUT2D eigenvalue weighted by Crippen LogP contribution is -2.53. The molecule has 1 N–H and O–H groups in total. The summed E-state index contributed by atoms with van der Waals surface area (Å²) in [6.07, 6.45) is 0.886. The molecule has 47 heavy (non-hydrogen) atoms. The van der Waals surface area contributed by atoms with Crippen molar-refractivity contribution in [2.75, 3.05) is 30.6 Å². The van der Waals surface area contributed by atoms with Crippen molar-refractivity contribution in [1.29, 1.82) is 0 Å². The number of halogens is 2. The zero-order valence-electron chi connectivity index (χ0n) is 25.8. The van der Waals surface area contributed by atoms with Gasteiger partial charge in [-0.25, -0.2) is 12.8 Å². The number of rotatable bonds is 13.